The average Bonchev–Trinajstić information content (AvgIpc) is 3.18. The standard InChI is InChI=1S/C14H14F2N6S/c1-8(12-19-21-22-20-12)9-3-5-10(6-4-9)17-13-18-11(7-23-13)14(2,15)16/h3-8H,1-2H3,(H,17,18)(H,19,20,21,22)/t8-/m1/s1. The first-order chi connectivity index (χ1) is 10.9. The summed E-state index contributed by atoms with van der Waals surface area (Å²) in [5.74, 6) is -2.31. The van der Waals surface area contributed by atoms with Crippen molar-refractivity contribution in [3.8, 4) is 0 Å². The number of rotatable bonds is 5. The van der Waals surface area contributed by atoms with Crippen LogP contribution in [0.5, 0.6) is 0 Å². The van der Waals surface area contributed by atoms with E-state index in [1.807, 2.05) is 31.2 Å². The van der Waals surface area contributed by atoms with Gasteiger partial charge in [-0.25, -0.2) is 4.98 Å². The molecule has 0 saturated carbocycles. The van der Waals surface area contributed by atoms with Crippen LogP contribution in [-0.4, -0.2) is 25.6 Å². The van der Waals surface area contributed by atoms with Crippen LogP contribution in [0.2, 0.25) is 0 Å². The number of thiazole rings is 1. The zero-order chi connectivity index (χ0) is 16.4. The molecule has 0 unspecified atom stereocenters. The summed E-state index contributed by atoms with van der Waals surface area (Å²) in [4.78, 5) is 3.90. The lowest BCUT2D eigenvalue weighted by molar-refractivity contribution is 0.0135. The van der Waals surface area contributed by atoms with Gasteiger partial charge in [-0.2, -0.15) is 14.0 Å². The molecule has 3 aromatic rings. The minimum atomic E-state index is -2.93. The zero-order valence-corrected chi connectivity index (χ0v) is 13.2. The number of benzene rings is 1. The third-order valence-corrected chi connectivity index (χ3v) is 4.12. The molecule has 3 rings (SSSR count). The summed E-state index contributed by atoms with van der Waals surface area (Å²) in [6.45, 7) is 2.81. The maximum atomic E-state index is 13.2. The molecule has 0 spiro atoms. The highest BCUT2D eigenvalue weighted by Crippen LogP contribution is 2.31. The summed E-state index contributed by atoms with van der Waals surface area (Å²) in [5.41, 5.74) is 1.57. The Hall–Kier alpha value is -2.42. The van der Waals surface area contributed by atoms with E-state index in [2.05, 4.69) is 30.9 Å². The van der Waals surface area contributed by atoms with Crippen molar-refractivity contribution in [2.24, 2.45) is 0 Å². The Bertz CT molecular complexity index is 763. The number of aromatic amines is 1. The predicted molar refractivity (Wildman–Crippen MR) is 83.1 cm³/mol. The van der Waals surface area contributed by atoms with Crippen LogP contribution in [0.15, 0.2) is 29.6 Å². The number of alkyl halides is 2. The summed E-state index contributed by atoms with van der Waals surface area (Å²) in [6, 6.07) is 7.56. The topological polar surface area (TPSA) is 79.4 Å². The van der Waals surface area contributed by atoms with Crippen LogP contribution in [0.25, 0.3) is 0 Å². The van der Waals surface area contributed by atoms with E-state index < -0.39 is 5.92 Å². The van der Waals surface area contributed by atoms with Gasteiger partial charge in [0.15, 0.2) is 11.0 Å². The summed E-state index contributed by atoms with van der Waals surface area (Å²) >= 11 is 1.15. The van der Waals surface area contributed by atoms with Crippen molar-refractivity contribution in [3.05, 3.63) is 46.7 Å². The van der Waals surface area contributed by atoms with Gasteiger partial charge in [0, 0.05) is 23.9 Å². The zero-order valence-electron chi connectivity index (χ0n) is 12.4. The summed E-state index contributed by atoms with van der Waals surface area (Å²) < 4.78 is 26.4. The van der Waals surface area contributed by atoms with Gasteiger partial charge >= 0.3 is 0 Å². The Kier molecular flexibility index (Phi) is 4.03. The number of nitrogens with zero attached hydrogens (tertiary/aromatic N) is 4. The van der Waals surface area contributed by atoms with E-state index in [9.17, 15) is 8.78 Å². The first kappa shape index (κ1) is 15.5. The molecular weight excluding hydrogens is 322 g/mol. The molecule has 0 fully saturated rings. The quantitative estimate of drug-likeness (QED) is 0.743. The number of H-pyrrole nitrogens is 1. The van der Waals surface area contributed by atoms with Crippen LogP contribution in [-0.2, 0) is 5.92 Å². The van der Waals surface area contributed by atoms with Crippen LogP contribution < -0.4 is 5.32 Å². The highest BCUT2D eigenvalue weighted by Gasteiger charge is 2.27. The molecule has 9 heteroatoms. The molecule has 2 aromatic heterocycles. The highest BCUT2D eigenvalue weighted by atomic mass is 32.1. The molecule has 120 valence electrons. The predicted octanol–water partition coefficient (Wildman–Crippen LogP) is 3.66. The SMILES string of the molecule is C[C@H](c1ccc(Nc2nc(C(C)(F)F)cs2)cc1)c1nn[nH]n1. The fourth-order valence-corrected chi connectivity index (χ4v) is 2.82. The Balaban J connectivity index is 1.71. The molecule has 2 N–H and O–H groups in total. The largest absolute Gasteiger partial charge is 0.332 e. The minimum Gasteiger partial charge on any atom is -0.332 e. The number of anilines is 2. The van der Waals surface area contributed by atoms with E-state index >= 15 is 0 Å². The van der Waals surface area contributed by atoms with Crippen molar-refractivity contribution in [2.45, 2.75) is 25.7 Å². The minimum absolute atomic E-state index is 0.00745. The number of hydrogen-bond acceptors (Lipinski definition) is 6. The molecule has 6 nitrogen and oxygen atoms in total. The highest BCUT2D eigenvalue weighted by molar-refractivity contribution is 7.13. The van der Waals surface area contributed by atoms with Crippen molar-refractivity contribution < 1.29 is 8.78 Å². The van der Waals surface area contributed by atoms with E-state index in [-0.39, 0.29) is 11.6 Å². The summed E-state index contributed by atoms with van der Waals surface area (Å²) in [7, 11) is 0. The first-order valence-electron chi connectivity index (χ1n) is 6.87. The Labute approximate surface area is 135 Å². The lowest BCUT2D eigenvalue weighted by atomic mass is 10.0. The molecule has 0 bridgehead atoms. The van der Waals surface area contributed by atoms with Crippen LogP contribution >= 0.6 is 11.3 Å². The van der Waals surface area contributed by atoms with Crippen LogP contribution in [0.1, 0.15) is 36.8 Å². The summed E-state index contributed by atoms with van der Waals surface area (Å²) in [6.07, 6.45) is 0. The van der Waals surface area contributed by atoms with Gasteiger partial charge in [-0.05, 0) is 17.7 Å². The van der Waals surface area contributed by atoms with Crippen molar-refractivity contribution >= 4 is 22.2 Å². The number of aromatic nitrogens is 5. The lowest BCUT2D eigenvalue weighted by Gasteiger charge is -2.09. The monoisotopic (exact) mass is 336 g/mol. The number of nitrogens with one attached hydrogen (secondary N) is 2. The van der Waals surface area contributed by atoms with Crippen molar-refractivity contribution in [3.63, 3.8) is 0 Å². The van der Waals surface area contributed by atoms with E-state index in [0.717, 1.165) is 29.5 Å². The van der Waals surface area contributed by atoms with Crippen LogP contribution in [0.4, 0.5) is 19.6 Å². The maximum absolute atomic E-state index is 13.2. The molecule has 2 heterocycles. The average molecular weight is 336 g/mol. The molecular formula is C14H14F2N6S. The molecule has 0 radical (unpaired) electrons. The van der Waals surface area contributed by atoms with Gasteiger partial charge in [0.25, 0.3) is 5.92 Å². The fraction of sp³-hybridized carbons (Fsp3) is 0.286. The third-order valence-electron chi connectivity index (χ3n) is 3.36. The van der Waals surface area contributed by atoms with E-state index in [1.165, 1.54) is 5.38 Å². The smallest absolute Gasteiger partial charge is 0.287 e. The van der Waals surface area contributed by atoms with Crippen molar-refractivity contribution in [1.29, 1.82) is 0 Å². The molecule has 0 saturated heterocycles. The second-order valence-electron chi connectivity index (χ2n) is 5.16. The van der Waals surface area contributed by atoms with Gasteiger partial charge in [0.1, 0.15) is 5.69 Å². The van der Waals surface area contributed by atoms with Crippen LogP contribution in [0, 0.1) is 0 Å². The second-order valence-corrected chi connectivity index (χ2v) is 6.02. The van der Waals surface area contributed by atoms with Crippen LogP contribution in [0.3, 0.4) is 0 Å². The van der Waals surface area contributed by atoms with E-state index in [4.69, 9.17) is 0 Å². The molecule has 23 heavy (non-hydrogen) atoms. The lowest BCUT2D eigenvalue weighted by Crippen LogP contribution is -2.07. The molecule has 0 aliphatic rings. The van der Waals surface area contributed by atoms with Gasteiger partial charge in [0.05, 0.1) is 0 Å². The third kappa shape index (κ3) is 3.50. The van der Waals surface area contributed by atoms with E-state index in [0.29, 0.717) is 11.0 Å². The van der Waals surface area contributed by atoms with Gasteiger partial charge in [0.2, 0.25) is 0 Å². The van der Waals surface area contributed by atoms with Gasteiger partial charge in [-0.15, -0.1) is 21.5 Å². The van der Waals surface area contributed by atoms with Gasteiger partial charge < -0.3 is 5.32 Å². The number of hydrogen-bond donors (Lipinski definition) is 2. The van der Waals surface area contributed by atoms with Gasteiger partial charge in [-0.3, -0.25) is 0 Å². The molecule has 0 amide bonds. The Morgan fingerprint density at radius 3 is 2.57 bits per heavy atom. The second kappa shape index (κ2) is 5.99. The number of halogens is 2. The molecule has 1 atom stereocenters. The first-order valence-corrected chi connectivity index (χ1v) is 7.75. The maximum Gasteiger partial charge on any atom is 0.287 e. The number of tetrazole rings is 1. The Morgan fingerprint density at radius 1 is 1.26 bits per heavy atom. The van der Waals surface area contributed by atoms with E-state index in [1.54, 1.807) is 0 Å². The fourth-order valence-electron chi connectivity index (χ4n) is 2.01. The molecule has 0 aliphatic heterocycles. The van der Waals surface area contributed by atoms with Crippen molar-refractivity contribution in [1.82, 2.24) is 25.6 Å². The van der Waals surface area contributed by atoms with Gasteiger partial charge in [-0.1, -0.05) is 24.3 Å². The molecule has 0 aliphatic carbocycles. The normalized spacial score (nSPS) is 13.0. The van der Waals surface area contributed by atoms with Crippen molar-refractivity contribution in [2.75, 3.05) is 5.32 Å². The summed E-state index contributed by atoms with van der Waals surface area (Å²) in [5, 5.41) is 18.7. The Morgan fingerprint density at radius 2 is 2.00 bits per heavy atom. The molecule has 1 aromatic carbocycles.